The molecule has 1 aromatic heterocycles. The fraction of sp³-hybridized carbons (Fsp3) is 0.185. The largest absolute Gasteiger partial charge is 0.449 e. The van der Waals surface area contributed by atoms with Crippen LogP contribution >= 0.6 is 34.2 Å². The molecule has 0 spiro atoms. The maximum absolute atomic E-state index is 12.7. The molecule has 1 heterocycles. The fourth-order valence-electron chi connectivity index (χ4n) is 4.58. The van der Waals surface area contributed by atoms with Crippen molar-refractivity contribution in [2.24, 2.45) is 0 Å². The number of hydrogen-bond acceptors (Lipinski definition) is 3. The lowest BCUT2D eigenvalue weighted by atomic mass is 9.98. The van der Waals surface area contributed by atoms with Crippen LogP contribution < -0.4 is 5.32 Å². The van der Waals surface area contributed by atoms with Crippen LogP contribution in [0.3, 0.4) is 0 Å². The fourth-order valence-corrected chi connectivity index (χ4v) is 5.42. The van der Waals surface area contributed by atoms with Crippen LogP contribution in [0.5, 0.6) is 0 Å². The van der Waals surface area contributed by atoms with Crippen LogP contribution in [0, 0.1) is 0 Å². The summed E-state index contributed by atoms with van der Waals surface area (Å²) in [6.07, 6.45) is -0.451. The van der Waals surface area contributed by atoms with Gasteiger partial charge in [0, 0.05) is 15.7 Å². The molecule has 1 amide bonds. The summed E-state index contributed by atoms with van der Waals surface area (Å²) in [6, 6.07) is 24.1. The van der Waals surface area contributed by atoms with Crippen LogP contribution in [-0.2, 0) is 9.16 Å². The summed E-state index contributed by atoms with van der Waals surface area (Å²) >= 11 is 8.69. The monoisotopic (exact) mass is 568 g/mol. The highest BCUT2D eigenvalue weighted by molar-refractivity contribution is 14.1. The predicted octanol–water partition coefficient (Wildman–Crippen LogP) is 7.42. The summed E-state index contributed by atoms with van der Waals surface area (Å²) in [4.78, 5) is 17.5. The molecule has 6 heteroatoms. The molecule has 3 aromatic carbocycles. The number of amides is 1. The number of carbonyl (C=O) groups excluding carboxylic acids is 1. The molecule has 1 N–H and O–H groups in total. The summed E-state index contributed by atoms with van der Waals surface area (Å²) in [5, 5.41) is 5.61. The van der Waals surface area contributed by atoms with Crippen molar-refractivity contribution in [3.8, 4) is 11.1 Å². The van der Waals surface area contributed by atoms with E-state index in [0.29, 0.717) is 5.02 Å². The van der Waals surface area contributed by atoms with Gasteiger partial charge in [0.1, 0.15) is 6.61 Å². The van der Waals surface area contributed by atoms with E-state index in [4.69, 9.17) is 21.3 Å². The summed E-state index contributed by atoms with van der Waals surface area (Å²) in [6.45, 7) is 2.20. The molecule has 0 saturated heterocycles. The second-order valence-corrected chi connectivity index (χ2v) is 9.33. The highest BCUT2D eigenvalue weighted by atomic mass is 127. The number of nitrogens with one attached hydrogen (secondary N) is 1. The van der Waals surface area contributed by atoms with Gasteiger partial charge in [-0.2, -0.15) is 0 Å². The predicted molar refractivity (Wildman–Crippen MR) is 141 cm³/mol. The van der Waals surface area contributed by atoms with Gasteiger partial charge in [0.2, 0.25) is 0 Å². The number of benzene rings is 3. The number of aromatic nitrogens is 1. The molecule has 0 radical (unpaired) electrons. The maximum atomic E-state index is 12.7. The van der Waals surface area contributed by atoms with E-state index in [9.17, 15) is 4.79 Å². The lowest BCUT2D eigenvalue weighted by Crippen LogP contribution is -2.29. The number of rotatable bonds is 5. The molecule has 0 aliphatic heterocycles. The average molecular weight is 569 g/mol. The molecule has 166 valence electrons. The van der Waals surface area contributed by atoms with Crippen LogP contribution in [0.4, 0.5) is 4.79 Å². The van der Waals surface area contributed by atoms with Gasteiger partial charge in [-0.1, -0.05) is 94.9 Å². The van der Waals surface area contributed by atoms with Crippen molar-refractivity contribution in [1.82, 2.24) is 10.3 Å². The van der Waals surface area contributed by atoms with Gasteiger partial charge in [-0.15, -0.1) is 0 Å². The minimum absolute atomic E-state index is 0.0324. The molecular formula is C27H22ClIN2O2. The Labute approximate surface area is 211 Å². The quantitative estimate of drug-likeness (QED) is 0.201. The number of nitrogens with zero attached hydrogens (tertiary/aromatic N) is 1. The third-order valence-electron chi connectivity index (χ3n) is 6.15. The molecule has 0 bridgehead atoms. The van der Waals surface area contributed by atoms with E-state index in [-0.39, 0.29) is 18.6 Å². The zero-order chi connectivity index (χ0) is 22.9. The minimum Gasteiger partial charge on any atom is -0.449 e. The van der Waals surface area contributed by atoms with Gasteiger partial charge in [-0.25, -0.2) is 4.79 Å². The smallest absolute Gasteiger partial charge is 0.407 e. The second-order valence-electron chi connectivity index (χ2n) is 8.16. The second kappa shape index (κ2) is 9.31. The van der Waals surface area contributed by atoms with Crippen molar-refractivity contribution in [2.45, 2.75) is 23.3 Å². The summed E-state index contributed by atoms with van der Waals surface area (Å²) in [7, 11) is 0. The van der Waals surface area contributed by atoms with Crippen LogP contribution in [0.1, 0.15) is 41.4 Å². The van der Waals surface area contributed by atoms with E-state index in [1.807, 2.05) is 55.5 Å². The van der Waals surface area contributed by atoms with Gasteiger partial charge in [0.25, 0.3) is 0 Å². The Hall–Kier alpha value is -2.64. The van der Waals surface area contributed by atoms with Crippen molar-refractivity contribution >= 4 is 51.1 Å². The lowest BCUT2D eigenvalue weighted by molar-refractivity contribution is 0.139. The molecule has 0 fully saturated rings. The van der Waals surface area contributed by atoms with Gasteiger partial charge in [-0.3, -0.25) is 4.98 Å². The number of halogens is 2. The Morgan fingerprint density at radius 3 is 2.39 bits per heavy atom. The highest BCUT2D eigenvalue weighted by Gasteiger charge is 2.29. The van der Waals surface area contributed by atoms with Crippen molar-refractivity contribution in [3.05, 3.63) is 100 Å². The van der Waals surface area contributed by atoms with Gasteiger partial charge >= 0.3 is 6.09 Å². The van der Waals surface area contributed by atoms with E-state index < -0.39 is 6.09 Å². The van der Waals surface area contributed by atoms with Crippen LogP contribution in [0.2, 0.25) is 5.02 Å². The van der Waals surface area contributed by atoms with Gasteiger partial charge < -0.3 is 10.1 Å². The number of pyridine rings is 1. The van der Waals surface area contributed by atoms with Crippen molar-refractivity contribution in [3.63, 3.8) is 0 Å². The van der Waals surface area contributed by atoms with E-state index in [1.165, 1.54) is 22.3 Å². The van der Waals surface area contributed by atoms with Gasteiger partial charge in [0.05, 0.1) is 22.5 Å². The number of ether oxygens (including phenoxy) is 1. The molecule has 1 aliphatic rings. The number of fused-ring (bicyclic) bond motifs is 4. The number of alkyl carbamates (subject to hydrolysis) is 1. The Morgan fingerprint density at radius 1 is 1.06 bits per heavy atom. The molecule has 4 nitrogen and oxygen atoms in total. The zero-order valence-corrected chi connectivity index (χ0v) is 20.9. The minimum atomic E-state index is -0.451. The first-order chi connectivity index (χ1) is 16.1. The van der Waals surface area contributed by atoms with E-state index in [1.54, 1.807) is 0 Å². The third kappa shape index (κ3) is 4.20. The van der Waals surface area contributed by atoms with Crippen LogP contribution in [-0.4, -0.2) is 17.7 Å². The Balaban J connectivity index is 1.31. The molecule has 33 heavy (non-hydrogen) atoms. The Bertz CT molecular complexity index is 1310. The molecule has 4 aromatic rings. The standard InChI is InChI=1S/C27H22ClIN2O2/c1-16(24-13-17-7-6-12-23(28)26(17)25(14-29)31-24)30-27(32)33-15-22-20-10-4-2-8-18(20)19-9-3-5-11-21(19)22/h2-13,16,22H,14-15H2,1H3,(H,30,32)/t16-/m0/s1. The average Bonchev–Trinajstić information content (AvgIpc) is 3.16. The lowest BCUT2D eigenvalue weighted by Gasteiger charge is -2.18. The highest BCUT2D eigenvalue weighted by Crippen LogP contribution is 2.44. The molecule has 1 aliphatic carbocycles. The van der Waals surface area contributed by atoms with E-state index in [2.05, 4.69) is 52.2 Å². The first-order valence-corrected chi connectivity index (χ1v) is 12.7. The molecule has 5 rings (SSSR count). The van der Waals surface area contributed by atoms with Crippen molar-refractivity contribution in [2.75, 3.05) is 6.61 Å². The first kappa shape index (κ1) is 22.2. The number of hydrogen-bond donors (Lipinski definition) is 1. The number of carbonyl (C=O) groups is 1. The summed E-state index contributed by atoms with van der Waals surface area (Å²) in [5.74, 6) is 0.0324. The topological polar surface area (TPSA) is 51.2 Å². The zero-order valence-electron chi connectivity index (χ0n) is 18.0. The Kier molecular flexibility index (Phi) is 6.25. The van der Waals surface area contributed by atoms with Crippen molar-refractivity contribution in [1.29, 1.82) is 0 Å². The van der Waals surface area contributed by atoms with E-state index in [0.717, 1.165) is 26.6 Å². The normalized spacial score (nSPS) is 13.4. The summed E-state index contributed by atoms with van der Waals surface area (Å²) < 4.78 is 6.42. The maximum Gasteiger partial charge on any atom is 0.407 e. The van der Waals surface area contributed by atoms with Crippen molar-refractivity contribution < 1.29 is 9.53 Å². The Morgan fingerprint density at radius 2 is 1.73 bits per heavy atom. The SMILES string of the molecule is C[C@H](NC(=O)OCC1c2ccccc2-c2ccccc21)c1cc2cccc(Cl)c2c(CI)n1. The molecular weight excluding hydrogens is 547 g/mol. The van der Waals surface area contributed by atoms with Gasteiger partial charge in [0.15, 0.2) is 0 Å². The first-order valence-electron chi connectivity index (χ1n) is 10.8. The number of alkyl halides is 1. The van der Waals surface area contributed by atoms with E-state index >= 15 is 0 Å². The summed E-state index contributed by atoms with van der Waals surface area (Å²) in [5.41, 5.74) is 6.50. The van der Waals surface area contributed by atoms with Gasteiger partial charge in [-0.05, 0) is 46.7 Å². The molecule has 0 saturated carbocycles. The molecule has 0 unspecified atom stereocenters. The van der Waals surface area contributed by atoms with Crippen LogP contribution in [0.25, 0.3) is 21.9 Å². The third-order valence-corrected chi connectivity index (χ3v) is 7.19. The molecule has 1 atom stereocenters. The van der Waals surface area contributed by atoms with Crippen LogP contribution in [0.15, 0.2) is 72.8 Å².